The molecule has 2 atom stereocenters. The molecule has 0 spiro atoms. The molecular formula is C26H22BrN3O5S2. The Balaban J connectivity index is 1.27. The van der Waals surface area contributed by atoms with Crippen molar-refractivity contribution < 1.29 is 24.3 Å². The number of carbonyl (C=O) groups is 4. The van der Waals surface area contributed by atoms with Gasteiger partial charge in [-0.25, -0.2) is 4.79 Å². The van der Waals surface area contributed by atoms with Crippen LogP contribution in [0.3, 0.4) is 0 Å². The van der Waals surface area contributed by atoms with Crippen molar-refractivity contribution in [1.82, 2.24) is 10.2 Å². The van der Waals surface area contributed by atoms with Crippen LogP contribution in [-0.2, 0) is 19.2 Å². The number of hydrogen-bond acceptors (Lipinski definition) is 6. The number of hydrogen-bond donors (Lipinski definition) is 2. The first-order chi connectivity index (χ1) is 17.8. The van der Waals surface area contributed by atoms with E-state index in [0.717, 1.165) is 15.1 Å². The third kappa shape index (κ3) is 5.21. The number of nitrogens with one attached hydrogen (secondary N) is 1. The number of aliphatic carboxylic acids is 1. The van der Waals surface area contributed by atoms with Crippen LogP contribution < -0.4 is 10.2 Å². The lowest BCUT2D eigenvalue weighted by Crippen LogP contribution is -2.70. The van der Waals surface area contributed by atoms with Gasteiger partial charge in [-0.3, -0.25) is 19.3 Å². The average molecular weight is 601 g/mol. The molecule has 0 aromatic heterocycles. The van der Waals surface area contributed by atoms with Crippen LogP contribution >= 0.6 is 39.5 Å². The fourth-order valence-electron chi connectivity index (χ4n) is 4.46. The van der Waals surface area contributed by atoms with E-state index in [0.29, 0.717) is 29.9 Å². The van der Waals surface area contributed by atoms with Crippen LogP contribution in [0.15, 0.2) is 86.9 Å². The molecule has 190 valence electrons. The highest BCUT2D eigenvalue weighted by atomic mass is 79.9. The molecule has 0 saturated carbocycles. The monoisotopic (exact) mass is 599 g/mol. The van der Waals surface area contributed by atoms with Gasteiger partial charge in [0.1, 0.15) is 17.1 Å². The Labute approximate surface area is 230 Å². The summed E-state index contributed by atoms with van der Waals surface area (Å²) in [5.41, 5.74) is 1.61. The van der Waals surface area contributed by atoms with Gasteiger partial charge >= 0.3 is 5.97 Å². The zero-order chi connectivity index (χ0) is 26.1. The molecule has 37 heavy (non-hydrogen) atoms. The second kappa shape index (κ2) is 10.8. The summed E-state index contributed by atoms with van der Waals surface area (Å²) in [6.45, 7) is 0.509. The molecule has 0 aliphatic carbocycles. The normalized spacial score (nSPS) is 22.2. The van der Waals surface area contributed by atoms with E-state index in [-0.39, 0.29) is 23.3 Å². The lowest BCUT2D eigenvalue weighted by atomic mass is 10.0. The smallest absolute Gasteiger partial charge is 0.352 e. The summed E-state index contributed by atoms with van der Waals surface area (Å²) >= 11 is 6.11. The van der Waals surface area contributed by atoms with Crippen molar-refractivity contribution >= 4 is 68.8 Å². The number of nitrogens with zero attached hydrogens (tertiary/aromatic N) is 2. The van der Waals surface area contributed by atoms with Crippen LogP contribution in [0.25, 0.3) is 0 Å². The summed E-state index contributed by atoms with van der Waals surface area (Å²) in [6, 6.07) is 16.1. The fourth-order valence-corrected chi connectivity index (χ4v) is 6.74. The number of para-hydroxylation sites is 1. The number of thioether (sulfide) groups is 2. The van der Waals surface area contributed by atoms with E-state index in [2.05, 4.69) is 21.2 Å². The number of amides is 3. The van der Waals surface area contributed by atoms with E-state index < -0.39 is 23.3 Å². The van der Waals surface area contributed by atoms with Gasteiger partial charge in [-0.15, -0.1) is 23.5 Å². The van der Waals surface area contributed by atoms with E-state index in [1.807, 2.05) is 54.6 Å². The first kappa shape index (κ1) is 25.6. The number of fused-ring (bicyclic) bond motifs is 1. The van der Waals surface area contributed by atoms with Gasteiger partial charge in [0.25, 0.3) is 11.8 Å². The number of anilines is 1. The first-order valence-electron chi connectivity index (χ1n) is 11.5. The zero-order valence-electron chi connectivity index (χ0n) is 19.4. The van der Waals surface area contributed by atoms with Gasteiger partial charge in [0, 0.05) is 32.9 Å². The third-order valence-corrected chi connectivity index (χ3v) is 9.08. The summed E-state index contributed by atoms with van der Waals surface area (Å²) in [7, 11) is 0. The van der Waals surface area contributed by atoms with Crippen molar-refractivity contribution in [1.29, 1.82) is 0 Å². The fraction of sp³-hybridized carbons (Fsp3) is 0.231. The summed E-state index contributed by atoms with van der Waals surface area (Å²) in [5, 5.41) is 12.2. The van der Waals surface area contributed by atoms with E-state index >= 15 is 0 Å². The number of allylic oxidation sites excluding steroid dienone is 1. The number of carbonyl (C=O) groups excluding carboxylic acids is 3. The van der Waals surface area contributed by atoms with Gasteiger partial charge in [0.15, 0.2) is 0 Å². The van der Waals surface area contributed by atoms with Crippen molar-refractivity contribution in [2.45, 2.75) is 22.7 Å². The standard InChI is InChI=1S/C26H22BrN3O5S2/c27-17-6-8-19(9-7-17)36-14-20(31)28-21-24(33)30-22(26(34)35)16(13-37-25(21)30)12-15-10-11-29(23(15)32)18-4-2-1-3-5-18/h1-9,12,21,25H,10-11,13-14H2,(H,28,31)(H,34,35)/b15-12+/t21-,25-/m1/s1. The van der Waals surface area contributed by atoms with Gasteiger partial charge in [0.2, 0.25) is 5.91 Å². The summed E-state index contributed by atoms with van der Waals surface area (Å²) in [4.78, 5) is 54.4. The summed E-state index contributed by atoms with van der Waals surface area (Å²) < 4.78 is 0.943. The molecule has 2 saturated heterocycles. The predicted molar refractivity (Wildman–Crippen MR) is 146 cm³/mol. The van der Waals surface area contributed by atoms with Crippen LogP contribution in [0.2, 0.25) is 0 Å². The van der Waals surface area contributed by atoms with Gasteiger partial charge in [-0.05, 0) is 54.5 Å². The molecule has 11 heteroatoms. The second-order valence-corrected chi connectivity index (χ2v) is 11.7. The number of halogens is 1. The highest BCUT2D eigenvalue weighted by Gasteiger charge is 2.54. The molecule has 0 bridgehead atoms. The zero-order valence-corrected chi connectivity index (χ0v) is 22.6. The SMILES string of the molecule is O=C(CSc1ccc(Br)cc1)N[C@@H]1C(=O)N2C(C(=O)O)=C(/C=C3\CCN(c4ccccc4)C3=O)CS[C@H]12. The third-order valence-electron chi connectivity index (χ3n) is 6.24. The molecule has 8 nitrogen and oxygen atoms in total. The molecule has 5 rings (SSSR count). The van der Waals surface area contributed by atoms with Crippen molar-refractivity contribution in [2.75, 3.05) is 23.0 Å². The molecule has 3 aliphatic rings. The Hall–Kier alpha value is -3.02. The van der Waals surface area contributed by atoms with Crippen LogP contribution in [0, 0.1) is 0 Å². The molecule has 3 heterocycles. The van der Waals surface area contributed by atoms with Gasteiger partial charge in [-0.2, -0.15) is 0 Å². The highest BCUT2D eigenvalue weighted by Crippen LogP contribution is 2.41. The molecule has 0 unspecified atom stereocenters. The van der Waals surface area contributed by atoms with Crippen LogP contribution in [0.5, 0.6) is 0 Å². The Kier molecular flexibility index (Phi) is 7.45. The number of benzene rings is 2. The quantitative estimate of drug-likeness (QED) is 0.284. The largest absolute Gasteiger partial charge is 0.477 e. The van der Waals surface area contributed by atoms with Crippen LogP contribution in [0.4, 0.5) is 5.69 Å². The maximum atomic E-state index is 13.0. The van der Waals surface area contributed by atoms with Crippen LogP contribution in [0.1, 0.15) is 6.42 Å². The van der Waals surface area contributed by atoms with Gasteiger partial charge in [-0.1, -0.05) is 34.1 Å². The maximum Gasteiger partial charge on any atom is 0.352 e. The number of carboxylic acids is 1. The van der Waals surface area contributed by atoms with E-state index in [1.54, 1.807) is 11.0 Å². The van der Waals surface area contributed by atoms with Gasteiger partial charge in [0.05, 0.1) is 5.75 Å². The lowest BCUT2D eigenvalue weighted by Gasteiger charge is -2.49. The Bertz CT molecular complexity index is 1330. The first-order valence-corrected chi connectivity index (χ1v) is 14.3. The molecule has 3 aliphatic heterocycles. The summed E-state index contributed by atoms with van der Waals surface area (Å²) in [5.74, 6) is -1.70. The lowest BCUT2D eigenvalue weighted by molar-refractivity contribution is -0.150. The average Bonchev–Trinajstić information content (AvgIpc) is 3.26. The van der Waals surface area contributed by atoms with E-state index in [9.17, 15) is 24.3 Å². The van der Waals surface area contributed by atoms with Crippen molar-refractivity contribution in [3.8, 4) is 0 Å². The highest BCUT2D eigenvalue weighted by molar-refractivity contribution is 9.10. The maximum absolute atomic E-state index is 13.0. The molecule has 0 radical (unpaired) electrons. The number of rotatable bonds is 7. The van der Waals surface area contributed by atoms with Crippen molar-refractivity contribution in [2.24, 2.45) is 0 Å². The second-order valence-electron chi connectivity index (χ2n) is 8.59. The molecule has 3 amide bonds. The molecule has 2 N–H and O–H groups in total. The molecular weight excluding hydrogens is 578 g/mol. The predicted octanol–water partition coefficient (Wildman–Crippen LogP) is 3.64. The minimum Gasteiger partial charge on any atom is -0.477 e. The molecule has 2 fully saturated rings. The minimum atomic E-state index is -1.23. The molecule has 2 aromatic carbocycles. The van der Waals surface area contributed by atoms with E-state index in [1.165, 1.54) is 28.4 Å². The Morgan fingerprint density at radius 3 is 2.57 bits per heavy atom. The minimum absolute atomic E-state index is 0.123. The van der Waals surface area contributed by atoms with Crippen molar-refractivity contribution in [3.05, 3.63) is 82.0 Å². The summed E-state index contributed by atoms with van der Waals surface area (Å²) in [6.07, 6.45) is 2.10. The van der Waals surface area contributed by atoms with Crippen LogP contribution in [-0.4, -0.2) is 63.2 Å². The Morgan fingerprint density at radius 2 is 1.86 bits per heavy atom. The number of β-lactam (4-membered cyclic amide) rings is 1. The Morgan fingerprint density at radius 1 is 1.14 bits per heavy atom. The molecule has 2 aromatic rings. The van der Waals surface area contributed by atoms with Crippen molar-refractivity contribution in [3.63, 3.8) is 0 Å². The number of carboxylic acid groups (broad SMARTS) is 1. The van der Waals surface area contributed by atoms with Gasteiger partial charge < -0.3 is 15.3 Å². The topological polar surface area (TPSA) is 107 Å². The van der Waals surface area contributed by atoms with E-state index in [4.69, 9.17) is 0 Å².